The smallest absolute Gasteiger partial charge is 0.285 e. The normalized spacial score (nSPS) is 16.9. The Kier molecular flexibility index (Phi) is 7.21. The van der Waals surface area contributed by atoms with Crippen molar-refractivity contribution < 1.29 is 13.2 Å². The zero-order valence-corrected chi connectivity index (χ0v) is 17.2. The van der Waals surface area contributed by atoms with Gasteiger partial charge in [0.1, 0.15) is 4.90 Å². The Morgan fingerprint density at radius 2 is 1.96 bits per heavy atom. The molecule has 1 aliphatic rings. The molecule has 2 rings (SSSR count). The van der Waals surface area contributed by atoms with Crippen molar-refractivity contribution in [3.63, 3.8) is 0 Å². The highest BCUT2D eigenvalue weighted by molar-refractivity contribution is 7.90. The number of nitrogens with one attached hydrogen (secondary N) is 1. The minimum Gasteiger partial charge on any atom is -0.349 e. The maximum atomic E-state index is 12.4. The molecule has 1 aromatic rings. The van der Waals surface area contributed by atoms with E-state index in [0.29, 0.717) is 18.0 Å². The van der Waals surface area contributed by atoms with Gasteiger partial charge in [-0.05, 0) is 31.4 Å². The van der Waals surface area contributed by atoms with Crippen LogP contribution in [0, 0.1) is 5.92 Å². The largest absolute Gasteiger partial charge is 0.349 e. The van der Waals surface area contributed by atoms with Crippen molar-refractivity contribution in [2.24, 2.45) is 16.0 Å². The van der Waals surface area contributed by atoms with Gasteiger partial charge in [0.15, 0.2) is 5.84 Å². The predicted molar refractivity (Wildman–Crippen MR) is 105 cm³/mol. The summed E-state index contributed by atoms with van der Waals surface area (Å²) < 4.78 is 28.1. The highest BCUT2D eigenvalue weighted by Gasteiger charge is 2.32. The van der Waals surface area contributed by atoms with Gasteiger partial charge in [0.2, 0.25) is 5.91 Å². The van der Waals surface area contributed by atoms with Crippen LogP contribution in [0.1, 0.15) is 32.8 Å². The third kappa shape index (κ3) is 4.96. The number of amides is 1. The first kappa shape index (κ1) is 22.4. The molecular weight excluding hydrogens is 376 g/mol. The standard InChI is InChI=1S/C17H26N4O3S.ClH/c1-12(2)9-17(3,11-18)19-15(22)10-21(4)16-13-7-5-6-8-14(13)25(23,24)20-16;/h5-8,12H,9-11,18H2,1-4H3,(H,19,22);1H. The third-order valence-corrected chi connectivity index (χ3v) is 5.43. The summed E-state index contributed by atoms with van der Waals surface area (Å²) in [5.74, 6) is 0.451. The molecule has 0 bridgehead atoms. The van der Waals surface area contributed by atoms with E-state index >= 15 is 0 Å². The number of hydrogen-bond donors (Lipinski definition) is 2. The van der Waals surface area contributed by atoms with E-state index in [1.807, 2.05) is 6.92 Å². The fraction of sp³-hybridized carbons (Fsp3) is 0.529. The SMILES string of the molecule is CC(C)CC(C)(CN)NC(=O)CN(C)C1=NS(=O)(=O)c2ccccc21.Cl. The second kappa shape index (κ2) is 8.37. The van der Waals surface area contributed by atoms with E-state index in [4.69, 9.17) is 5.73 Å². The maximum absolute atomic E-state index is 12.4. The number of carbonyl (C=O) groups excluding carboxylic acids is 1. The second-order valence-electron chi connectivity index (χ2n) is 7.15. The highest BCUT2D eigenvalue weighted by atomic mass is 35.5. The van der Waals surface area contributed by atoms with E-state index in [9.17, 15) is 13.2 Å². The van der Waals surface area contributed by atoms with Crippen LogP contribution in [0.5, 0.6) is 0 Å². The van der Waals surface area contributed by atoms with Crippen molar-refractivity contribution in [3.8, 4) is 0 Å². The fourth-order valence-electron chi connectivity index (χ4n) is 3.12. The Balaban J connectivity index is 0.00000338. The van der Waals surface area contributed by atoms with Gasteiger partial charge in [-0.2, -0.15) is 8.42 Å². The molecule has 26 heavy (non-hydrogen) atoms. The number of rotatable bonds is 6. The van der Waals surface area contributed by atoms with Gasteiger partial charge in [0.25, 0.3) is 10.0 Å². The molecule has 0 fully saturated rings. The highest BCUT2D eigenvalue weighted by Crippen LogP contribution is 2.26. The molecule has 1 amide bonds. The first-order chi connectivity index (χ1) is 11.6. The van der Waals surface area contributed by atoms with E-state index in [1.165, 1.54) is 6.07 Å². The van der Waals surface area contributed by atoms with Crippen molar-refractivity contribution in [2.75, 3.05) is 20.1 Å². The van der Waals surface area contributed by atoms with Gasteiger partial charge < -0.3 is 16.0 Å². The molecule has 1 unspecified atom stereocenters. The zero-order chi connectivity index (χ0) is 18.8. The summed E-state index contributed by atoms with van der Waals surface area (Å²) in [5, 5.41) is 2.96. The molecule has 7 nitrogen and oxygen atoms in total. The Morgan fingerprint density at radius 1 is 1.35 bits per heavy atom. The average molecular weight is 403 g/mol. The van der Waals surface area contributed by atoms with E-state index < -0.39 is 15.6 Å². The summed E-state index contributed by atoms with van der Waals surface area (Å²) in [6, 6.07) is 6.61. The lowest BCUT2D eigenvalue weighted by Crippen LogP contribution is -2.54. The number of carbonyl (C=O) groups is 1. The molecule has 0 radical (unpaired) electrons. The molecule has 1 aliphatic heterocycles. The van der Waals surface area contributed by atoms with Crippen LogP contribution in [0.3, 0.4) is 0 Å². The molecule has 0 saturated heterocycles. The number of fused-ring (bicyclic) bond motifs is 1. The Labute approximate surface area is 161 Å². The summed E-state index contributed by atoms with van der Waals surface area (Å²) in [7, 11) is -2.05. The number of benzene rings is 1. The van der Waals surface area contributed by atoms with Gasteiger partial charge in [-0.25, -0.2) is 0 Å². The number of nitrogens with zero attached hydrogens (tertiary/aromatic N) is 2. The Hall–Kier alpha value is -1.64. The van der Waals surface area contributed by atoms with E-state index in [-0.39, 0.29) is 35.6 Å². The quantitative estimate of drug-likeness (QED) is 0.747. The third-order valence-electron chi connectivity index (χ3n) is 4.11. The van der Waals surface area contributed by atoms with Crippen LogP contribution in [0.2, 0.25) is 0 Å². The van der Waals surface area contributed by atoms with Crippen LogP contribution >= 0.6 is 12.4 Å². The van der Waals surface area contributed by atoms with Crippen molar-refractivity contribution in [1.82, 2.24) is 10.2 Å². The minimum absolute atomic E-state index is 0. The van der Waals surface area contributed by atoms with Crippen molar-refractivity contribution >= 4 is 34.2 Å². The van der Waals surface area contributed by atoms with Crippen LogP contribution in [0.4, 0.5) is 0 Å². The number of likely N-dealkylation sites (N-methyl/N-ethyl adjacent to an activating group) is 1. The van der Waals surface area contributed by atoms with E-state index in [0.717, 1.165) is 6.42 Å². The summed E-state index contributed by atoms with van der Waals surface area (Å²) in [4.78, 5) is 14.1. The molecule has 0 aromatic heterocycles. The molecule has 146 valence electrons. The van der Waals surface area contributed by atoms with Crippen molar-refractivity contribution in [2.45, 2.75) is 37.6 Å². The number of nitrogens with two attached hydrogens (primary N) is 1. The van der Waals surface area contributed by atoms with Crippen LogP contribution in [-0.4, -0.2) is 50.7 Å². The molecule has 1 heterocycles. The van der Waals surface area contributed by atoms with Crippen LogP contribution in [0.25, 0.3) is 0 Å². The summed E-state index contributed by atoms with van der Waals surface area (Å²) >= 11 is 0. The van der Waals surface area contributed by atoms with Crippen molar-refractivity contribution in [3.05, 3.63) is 29.8 Å². The molecule has 0 spiro atoms. The minimum atomic E-state index is -3.70. The molecule has 1 atom stereocenters. The Morgan fingerprint density at radius 3 is 2.54 bits per heavy atom. The zero-order valence-electron chi connectivity index (χ0n) is 15.5. The van der Waals surface area contributed by atoms with Gasteiger partial charge >= 0.3 is 0 Å². The molecule has 9 heteroatoms. The van der Waals surface area contributed by atoms with E-state index in [2.05, 4.69) is 23.6 Å². The monoisotopic (exact) mass is 402 g/mol. The number of hydrogen-bond acceptors (Lipinski definition) is 5. The lowest BCUT2D eigenvalue weighted by molar-refractivity contribution is -0.123. The molecule has 1 aromatic carbocycles. The average Bonchev–Trinajstić information content (AvgIpc) is 2.78. The van der Waals surface area contributed by atoms with Crippen LogP contribution in [0.15, 0.2) is 33.6 Å². The lowest BCUT2D eigenvalue weighted by atomic mass is 9.90. The number of amidine groups is 1. The lowest BCUT2D eigenvalue weighted by Gasteiger charge is -2.32. The topological polar surface area (TPSA) is 105 Å². The van der Waals surface area contributed by atoms with Gasteiger partial charge in [0.05, 0.1) is 6.54 Å². The predicted octanol–water partition coefficient (Wildman–Crippen LogP) is 1.37. The summed E-state index contributed by atoms with van der Waals surface area (Å²) in [6.45, 7) is 6.38. The Bertz CT molecular complexity index is 795. The summed E-state index contributed by atoms with van der Waals surface area (Å²) in [5.41, 5.74) is 5.85. The van der Waals surface area contributed by atoms with Gasteiger partial charge in [-0.15, -0.1) is 16.8 Å². The molecular formula is C17H27ClN4O3S. The van der Waals surface area contributed by atoms with Gasteiger partial charge in [-0.3, -0.25) is 4.79 Å². The van der Waals surface area contributed by atoms with Crippen LogP contribution in [-0.2, 0) is 14.8 Å². The van der Waals surface area contributed by atoms with Gasteiger partial charge in [0, 0.05) is 24.7 Å². The first-order valence-corrected chi connectivity index (χ1v) is 9.68. The molecule has 3 N–H and O–H groups in total. The number of halogens is 1. The van der Waals surface area contributed by atoms with Gasteiger partial charge in [-0.1, -0.05) is 26.0 Å². The first-order valence-electron chi connectivity index (χ1n) is 8.24. The summed E-state index contributed by atoms with van der Waals surface area (Å²) in [6.07, 6.45) is 0.761. The maximum Gasteiger partial charge on any atom is 0.285 e. The fourth-order valence-corrected chi connectivity index (χ4v) is 4.37. The second-order valence-corrected chi connectivity index (χ2v) is 8.73. The molecule has 0 aliphatic carbocycles. The van der Waals surface area contributed by atoms with Crippen LogP contribution < -0.4 is 11.1 Å². The van der Waals surface area contributed by atoms with Crippen molar-refractivity contribution in [1.29, 1.82) is 0 Å². The van der Waals surface area contributed by atoms with E-state index in [1.54, 1.807) is 30.1 Å². The number of sulfonamides is 1. The molecule has 0 saturated carbocycles.